The molecule has 0 amide bonds. The van der Waals surface area contributed by atoms with Crippen LogP contribution in [0.3, 0.4) is 0 Å². The second-order valence-electron chi connectivity index (χ2n) is 3.96. The molecule has 1 aromatic rings. The number of furan rings is 1. The van der Waals surface area contributed by atoms with E-state index in [0.29, 0.717) is 0 Å². The van der Waals surface area contributed by atoms with Crippen molar-refractivity contribution in [3.05, 3.63) is 35.8 Å². The van der Waals surface area contributed by atoms with Crippen molar-refractivity contribution in [1.82, 2.24) is 10.6 Å². The van der Waals surface area contributed by atoms with Gasteiger partial charge < -0.3 is 15.1 Å². The van der Waals surface area contributed by atoms with Crippen LogP contribution in [-0.2, 0) is 6.42 Å². The predicted molar refractivity (Wildman–Crippen MR) is 80.0 cm³/mol. The molecule has 0 aromatic carbocycles. The topological polar surface area (TPSA) is 49.6 Å². The summed E-state index contributed by atoms with van der Waals surface area (Å²) in [4.78, 5) is 4.31. The normalized spacial score (nSPS) is 14.6. The smallest absolute Gasteiger partial charge is 0.191 e. The van der Waals surface area contributed by atoms with E-state index in [2.05, 4.69) is 22.2 Å². The van der Waals surface area contributed by atoms with E-state index in [-0.39, 0.29) is 24.0 Å². The number of guanidine groups is 1. The number of nitrogens with zero attached hydrogens (tertiary/aromatic N) is 1. The highest BCUT2D eigenvalue weighted by atomic mass is 127. The molecule has 0 saturated heterocycles. The molecule has 4 nitrogen and oxygen atoms in total. The predicted octanol–water partition coefficient (Wildman–Crippen LogP) is 1.85. The number of hydrogen-bond donors (Lipinski definition) is 2. The van der Waals surface area contributed by atoms with Crippen LogP contribution in [0.5, 0.6) is 0 Å². The second kappa shape index (κ2) is 6.68. The van der Waals surface area contributed by atoms with Gasteiger partial charge in [-0.25, -0.2) is 4.99 Å². The van der Waals surface area contributed by atoms with Crippen molar-refractivity contribution in [1.29, 1.82) is 0 Å². The molecule has 0 atom stereocenters. The van der Waals surface area contributed by atoms with Crippen LogP contribution in [0.2, 0.25) is 0 Å². The lowest BCUT2D eigenvalue weighted by molar-refractivity contribution is 0.481. The zero-order valence-corrected chi connectivity index (χ0v) is 12.3. The second-order valence-corrected chi connectivity index (χ2v) is 3.96. The van der Waals surface area contributed by atoms with Gasteiger partial charge in [-0.05, 0) is 24.6 Å². The Morgan fingerprint density at radius 3 is 2.94 bits per heavy atom. The standard InChI is InChI=1S/C12H17N3O.HI/c1-9-7-14-12(15-8-9)13-6-5-11-4-3-10(2)16-11;/h3-4H,1,5-8H2,2H3,(H2,13,14,15);1H. The fourth-order valence-corrected chi connectivity index (χ4v) is 1.55. The summed E-state index contributed by atoms with van der Waals surface area (Å²) in [6.07, 6.45) is 0.871. The summed E-state index contributed by atoms with van der Waals surface area (Å²) in [7, 11) is 0. The number of rotatable bonds is 3. The van der Waals surface area contributed by atoms with E-state index >= 15 is 0 Å². The first-order valence-corrected chi connectivity index (χ1v) is 5.48. The van der Waals surface area contributed by atoms with Crippen LogP contribution in [0.4, 0.5) is 0 Å². The van der Waals surface area contributed by atoms with Gasteiger partial charge in [0.2, 0.25) is 0 Å². The molecule has 17 heavy (non-hydrogen) atoms. The quantitative estimate of drug-likeness (QED) is 0.648. The summed E-state index contributed by atoms with van der Waals surface area (Å²) in [6.45, 7) is 8.17. The van der Waals surface area contributed by atoms with E-state index < -0.39 is 0 Å². The number of hydrogen-bond acceptors (Lipinski definition) is 4. The third-order valence-corrected chi connectivity index (χ3v) is 2.43. The first-order valence-electron chi connectivity index (χ1n) is 5.48. The molecule has 1 aromatic heterocycles. The average molecular weight is 347 g/mol. The molecule has 2 N–H and O–H groups in total. The summed E-state index contributed by atoms with van der Waals surface area (Å²) in [5, 5.41) is 6.41. The van der Waals surface area contributed by atoms with Crippen LogP contribution in [0.25, 0.3) is 0 Å². The van der Waals surface area contributed by atoms with Gasteiger partial charge >= 0.3 is 0 Å². The molecule has 0 fully saturated rings. The van der Waals surface area contributed by atoms with Crippen molar-refractivity contribution in [2.75, 3.05) is 19.6 Å². The Kier molecular flexibility index (Phi) is 5.54. The van der Waals surface area contributed by atoms with Gasteiger partial charge in [-0.1, -0.05) is 6.58 Å². The molecule has 1 aliphatic heterocycles. The van der Waals surface area contributed by atoms with Gasteiger partial charge in [0.05, 0.1) is 6.54 Å². The van der Waals surface area contributed by atoms with Crippen LogP contribution in [0.15, 0.2) is 33.7 Å². The molecule has 2 rings (SSSR count). The average Bonchev–Trinajstić information content (AvgIpc) is 2.67. The van der Waals surface area contributed by atoms with Crippen LogP contribution in [0, 0.1) is 6.92 Å². The minimum absolute atomic E-state index is 0. The van der Waals surface area contributed by atoms with Crippen molar-refractivity contribution in [2.24, 2.45) is 4.99 Å². The fraction of sp³-hybridized carbons (Fsp3) is 0.417. The Hall–Kier alpha value is -0.980. The zero-order chi connectivity index (χ0) is 11.4. The van der Waals surface area contributed by atoms with E-state index in [9.17, 15) is 0 Å². The van der Waals surface area contributed by atoms with Gasteiger partial charge in [-0.15, -0.1) is 24.0 Å². The highest BCUT2D eigenvalue weighted by Crippen LogP contribution is 2.06. The fourth-order valence-electron chi connectivity index (χ4n) is 1.55. The number of halogens is 1. The minimum atomic E-state index is 0. The summed E-state index contributed by atoms with van der Waals surface area (Å²) < 4.78 is 5.48. The number of nitrogens with one attached hydrogen (secondary N) is 2. The van der Waals surface area contributed by atoms with Crippen LogP contribution in [0.1, 0.15) is 11.5 Å². The molecule has 0 saturated carbocycles. The zero-order valence-electron chi connectivity index (χ0n) is 9.95. The van der Waals surface area contributed by atoms with Gasteiger partial charge in [0.15, 0.2) is 5.96 Å². The molecule has 5 heteroatoms. The largest absolute Gasteiger partial charge is 0.466 e. The molecule has 0 radical (unpaired) electrons. The Balaban J connectivity index is 0.00000144. The van der Waals surface area contributed by atoms with E-state index in [1.165, 1.54) is 0 Å². The summed E-state index contributed by atoms with van der Waals surface area (Å²) >= 11 is 0. The van der Waals surface area contributed by atoms with Crippen molar-refractivity contribution in [3.63, 3.8) is 0 Å². The third-order valence-electron chi connectivity index (χ3n) is 2.43. The van der Waals surface area contributed by atoms with Gasteiger partial charge in [0.25, 0.3) is 0 Å². The molecule has 2 heterocycles. The SMILES string of the molecule is C=C1CN=C(NCCc2ccc(C)o2)NC1.I. The lowest BCUT2D eigenvalue weighted by Crippen LogP contribution is -2.42. The van der Waals surface area contributed by atoms with Crippen LogP contribution < -0.4 is 10.6 Å². The van der Waals surface area contributed by atoms with Crippen molar-refractivity contribution in [2.45, 2.75) is 13.3 Å². The van der Waals surface area contributed by atoms with E-state index in [4.69, 9.17) is 4.42 Å². The maximum absolute atomic E-state index is 5.48. The molecule has 0 aliphatic carbocycles. The highest BCUT2D eigenvalue weighted by Gasteiger charge is 2.05. The Morgan fingerprint density at radius 2 is 2.35 bits per heavy atom. The summed E-state index contributed by atoms with van der Waals surface area (Å²) in [5.41, 5.74) is 1.12. The Morgan fingerprint density at radius 1 is 1.53 bits per heavy atom. The monoisotopic (exact) mass is 347 g/mol. The molecule has 0 unspecified atom stereocenters. The van der Waals surface area contributed by atoms with E-state index in [1.54, 1.807) is 0 Å². The molecular weight excluding hydrogens is 329 g/mol. The Labute approximate surface area is 119 Å². The van der Waals surface area contributed by atoms with Crippen LogP contribution in [-0.4, -0.2) is 25.6 Å². The molecule has 94 valence electrons. The Bertz CT molecular complexity index is 412. The molecule has 0 bridgehead atoms. The lowest BCUT2D eigenvalue weighted by Gasteiger charge is -2.17. The van der Waals surface area contributed by atoms with Gasteiger partial charge in [0, 0.05) is 19.5 Å². The van der Waals surface area contributed by atoms with Crippen molar-refractivity contribution >= 4 is 29.9 Å². The minimum Gasteiger partial charge on any atom is -0.466 e. The highest BCUT2D eigenvalue weighted by molar-refractivity contribution is 14.0. The first-order chi connectivity index (χ1) is 7.74. The first kappa shape index (κ1) is 14.1. The van der Waals surface area contributed by atoms with E-state index in [1.807, 2.05) is 19.1 Å². The summed E-state index contributed by atoms with van der Waals surface area (Å²) in [5.74, 6) is 2.82. The third kappa shape index (κ3) is 4.41. The summed E-state index contributed by atoms with van der Waals surface area (Å²) in [6, 6.07) is 3.99. The van der Waals surface area contributed by atoms with Gasteiger partial charge in [-0.3, -0.25) is 0 Å². The van der Waals surface area contributed by atoms with Crippen molar-refractivity contribution < 1.29 is 4.42 Å². The maximum Gasteiger partial charge on any atom is 0.191 e. The van der Waals surface area contributed by atoms with Crippen molar-refractivity contribution in [3.8, 4) is 0 Å². The number of aryl methyl sites for hydroxylation is 1. The maximum atomic E-state index is 5.48. The van der Waals surface area contributed by atoms with Gasteiger partial charge in [0.1, 0.15) is 11.5 Å². The van der Waals surface area contributed by atoms with E-state index in [0.717, 1.165) is 49.1 Å². The lowest BCUT2D eigenvalue weighted by atomic mass is 10.3. The molecular formula is C12H18IN3O. The number of aliphatic imine (C=N–C) groups is 1. The molecule has 0 spiro atoms. The van der Waals surface area contributed by atoms with Crippen LogP contribution >= 0.6 is 24.0 Å². The van der Waals surface area contributed by atoms with Gasteiger partial charge in [-0.2, -0.15) is 0 Å². The molecule has 1 aliphatic rings.